The molecule has 0 spiro atoms. The minimum absolute atomic E-state index is 0.678. The van der Waals surface area contributed by atoms with Crippen molar-refractivity contribution < 1.29 is 0 Å². The van der Waals surface area contributed by atoms with Crippen molar-refractivity contribution >= 4 is 53.3 Å². The van der Waals surface area contributed by atoms with E-state index in [-0.39, 0.29) is 0 Å². The molecule has 178 valence electrons. The molecule has 0 bridgehead atoms. The fourth-order valence-electron chi connectivity index (χ4n) is 5.45. The van der Waals surface area contributed by atoms with Crippen molar-refractivity contribution in [1.82, 2.24) is 14.5 Å². The summed E-state index contributed by atoms with van der Waals surface area (Å²) in [7, 11) is 0. The van der Waals surface area contributed by atoms with Crippen molar-refractivity contribution in [2.24, 2.45) is 0 Å². The summed E-state index contributed by atoms with van der Waals surface area (Å²) >= 11 is 1.87. The summed E-state index contributed by atoms with van der Waals surface area (Å²) in [6, 6.07) is 42.7. The maximum atomic E-state index is 5.06. The Kier molecular flexibility index (Phi) is 4.69. The highest BCUT2D eigenvalue weighted by molar-refractivity contribution is 7.26. The zero-order valence-electron chi connectivity index (χ0n) is 20.4. The van der Waals surface area contributed by atoms with E-state index in [0.717, 1.165) is 27.7 Å². The van der Waals surface area contributed by atoms with Gasteiger partial charge in [0.25, 0.3) is 0 Å². The van der Waals surface area contributed by atoms with Crippen LogP contribution < -0.4 is 0 Å². The number of hydrogen-bond acceptors (Lipinski definition) is 3. The van der Waals surface area contributed by atoms with Gasteiger partial charge >= 0.3 is 0 Å². The van der Waals surface area contributed by atoms with E-state index in [1.54, 1.807) is 0 Å². The minimum Gasteiger partial charge on any atom is -0.285 e. The van der Waals surface area contributed by atoms with Gasteiger partial charge in [0.2, 0.25) is 5.95 Å². The summed E-state index contributed by atoms with van der Waals surface area (Å²) < 4.78 is 4.75. The first-order valence-electron chi connectivity index (χ1n) is 12.7. The maximum Gasteiger partial charge on any atom is 0.235 e. The highest BCUT2D eigenvalue weighted by Crippen LogP contribution is 2.40. The molecule has 3 heterocycles. The molecule has 8 rings (SSSR count). The van der Waals surface area contributed by atoms with Crippen molar-refractivity contribution in [1.29, 1.82) is 0 Å². The second-order valence-corrected chi connectivity index (χ2v) is 10.5. The summed E-state index contributed by atoms with van der Waals surface area (Å²) in [5, 5.41) is 4.86. The fraction of sp³-hybridized carbons (Fsp3) is 0. The predicted molar refractivity (Wildman–Crippen MR) is 160 cm³/mol. The number of thiophene rings is 1. The van der Waals surface area contributed by atoms with E-state index in [0.29, 0.717) is 5.95 Å². The quantitative estimate of drug-likeness (QED) is 0.240. The molecule has 38 heavy (non-hydrogen) atoms. The predicted octanol–water partition coefficient (Wildman–Crippen LogP) is 9.28. The lowest BCUT2D eigenvalue weighted by atomic mass is 10.0. The molecule has 8 aromatic rings. The van der Waals surface area contributed by atoms with E-state index < -0.39 is 0 Å². The third kappa shape index (κ3) is 3.28. The molecule has 0 aliphatic heterocycles. The van der Waals surface area contributed by atoms with Crippen LogP contribution in [-0.4, -0.2) is 14.5 Å². The number of nitrogens with zero attached hydrogens (tertiary/aromatic N) is 3. The molecule has 0 saturated carbocycles. The van der Waals surface area contributed by atoms with Gasteiger partial charge in [-0.3, -0.25) is 4.57 Å². The fourth-order valence-corrected chi connectivity index (χ4v) is 6.69. The zero-order valence-corrected chi connectivity index (χ0v) is 21.2. The average molecular weight is 504 g/mol. The van der Waals surface area contributed by atoms with Crippen LogP contribution in [0.5, 0.6) is 0 Å². The van der Waals surface area contributed by atoms with Gasteiger partial charge in [0.05, 0.1) is 16.7 Å². The van der Waals surface area contributed by atoms with Crippen molar-refractivity contribution in [2.75, 3.05) is 0 Å². The van der Waals surface area contributed by atoms with Crippen molar-refractivity contribution in [3.63, 3.8) is 0 Å². The second kappa shape index (κ2) is 8.37. The van der Waals surface area contributed by atoms with Crippen LogP contribution in [0.4, 0.5) is 0 Å². The van der Waals surface area contributed by atoms with Gasteiger partial charge in [-0.15, -0.1) is 11.3 Å². The van der Waals surface area contributed by atoms with Gasteiger partial charge in [-0.25, -0.2) is 9.97 Å². The molecule has 0 unspecified atom stereocenters. The van der Waals surface area contributed by atoms with E-state index in [2.05, 4.69) is 114 Å². The first-order chi connectivity index (χ1) is 18.8. The standard InChI is InChI=1S/C34H21N3S/c1-2-9-22(10-3-1)32-28-12-4-6-15-29(28)35-34(36-32)37-20-19-24-21-23(17-18-30(24)37)25-13-8-14-27-26-11-5-7-16-31(26)38-33(25)27/h1-21H. The third-order valence-electron chi connectivity index (χ3n) is 7.26. The van der Waals surface area contributed by atoms with Crippen molar-refractivity contribution in [3.8, 4) is 28.3 Å². The number of hydrogen-bond donors (Lipinski definition) is 0. The molecular weight excluding hydrogens is 482 g/mol. The number of fused-ring (bicyclic) bond motifs is 5. The molecule has 0 atom stereocenters. The second-order valence-electron chi connectivity index (χ2n) is 9.50. The van der Waals surface area contributed by atoms with Gasteiger partial charge in [0.1, 0.15) is 0 Å². The largest absolute Gasteiger partial charge is 0.285 e. The van der Waals surface area contributed by atoms with Gasteiger partial charge < -0.3 is 0 Å². The van der Waals surface area contributed by atoms with Gasteiger partial charge in [0, 0.05) is 42.7 Å². The van der Waals surface area contributed by atoms with Gasteiger partial charge in [-0.1, -0.05) is 91.0 Å². The Morgan fingerprint density at radius 1 is 0.579 bits per heavy atom. The smallest absolute Gasteiger partial charge is 0.235 e. The summed E-state index contributed by atoms with van der Waals surface area (Å²) in [6.45, 7) is 0. The van der Waals surface area contributed by atoms with Crippen LogP contribution in [0.25, 0.3) is 70.3 Å². The van der Waals surface area contributed by atoms with Crippen LogP contribution in [0.1, 0.15) is 0 Å². The van der Waals surface area contributed by atoms with Gasteiger partial charge in [-0.2, -0.15) is 0 Å². The molecule has 0 amide bonds. The van der Waals surface area contributed by atoms with Crippen LogP contribution in [-0.2, 0) is 0 Å². The summed E-state index contributed by atoms with van der Waals surface area (Å²) in [5.41, 5.74) is 6.55. The van der Waals surface area contributed by atoms with Crippen molar-refractivity contribution in [3.05, 3.63) is 128 Å². The van der Waals surface area contributed by atoms with Crippen molar-refractivity contribution in [2.45, 2.75) is 0 Å². The first kappa shape index (κ1) is 21.3. The highest BCUT2D eigenvalue weighted by Gasteiger charge is 2.14. The summed E-state index contributed by atoms with van der Waals surface area (Å²) in [4.78, 5) is 10.0. The zero-order chi connectivity index (χ0) is 25.1. The lowest BCUT2D eigenvalue weighted by Crippen LogP contribution is -2.02. The monoisotopic (exact) mass is 503 g/mol. The number of rotatable bonds is 3. The third-order valence-corrected chi connectivity index (χ3v) is 8.48. The Morgan fingerprint density at radius 3 is 2.29 bits per heavy atom. The Labute approximate surface area is 223 Å². The Hall–Kier alpha value is -4.80. The Morgan fingerprint density at radius 2 is 1.37 bits per heavy atom. The van der Waals surface area contributed by atoms with Crippen LogP contribution in [0.15, 0.2) is 128 Å². The number of para-hydroxylation sites is 1. The van der Waals surface area contributed by atoms with E-state index >= 15 is 0 Å². The first-order valence-corrected chi connectivity index (χ1v) is 13.5. The molecular formula is C34H21N3S. The molecule has 3 nitrogen and oxygen atoms in total. The molecule has 0 aliphatic rings. The van der Waals surface area contributed by atoms with E-state index in [4.69, 9.17) is 9.97 Å². The van der Waals surface area contributed by atoms with Crippen LogP contribution in [0.3, 0.4) is 0 Å². The molecule has 0 N–H and O–H groups in total. The molecule has 0 saturated heterocycles. The molecule has 5 aromatic carbocycles. The summed E-state index contributed by atoms with van der Waals surface area (Å²) in [6.07, 6.45) is 2.08. The van der Waals surface area contributed by atoms with Gasteiger partial charge in [-0.05, 0) is 41.5 Å². The molecule has 0 aliphatic carbocycles. The van der Waals surface area contributed by atoms with Crippen LogP contribution >= 0.6 is 11.3 Å². The van der Waals surface area contributed by atoms with Crippen LogP contribution in [0, 0.1) is 0 Å². The normalized spacial score (nSPS) is 11.7. The SMILES string of the molecule is c1ccc(-c2nc(-n3ccc4cc(-c5cccc6c5sc5ccccc56)ccc43)nc3ccccc23)cc1. The lowest BCUT2D eigenvalue weighted by molar-refractivity contribution is 0.984. The Bertz CT molecular complexity index is 2140. The van der Waals surface area contributed by atoms with E-state index in [1.807, 2.05) is 29.5 Å². The number of benzene rings is 5. The van der Waals surface area contributed by atoms with Gasteiger partial charge in [0.15, 0.2) is 0 Å². The number of aromatic nitrogens is 3. The molecule has 0 radical (unpaired) electrons. The minimum atomic E-state index is 0.678. The average Bonchev–Trinajstić information content (AvgIpc) is 3.58. The topological polar surface area (TPSA) is 30.7 Å². The van der Waals surface area contributed by atoms with E-state index in [1.165, 1.54) is 36.7 Å². The molecule has 3 aromatic heterocycles. The molecule has 4 heteroatoms. The molecule has 0 fully saturated rings. The maximum absolute atomic E-state index is 5.06. The van der Waals surface area contributed by atoms with Crippen LogP contribution in [0.2, 0.25) is 0 Å². The summed E-state index contributed by atoms with van der Waals surface area (Å²) in [5.74, 6) is 0.678. The Balaban J connectivity index is 1.29. The van der Waals surface area contributed by atoms with E-state index in [9.17, 15) is 0 Å². The lowest BCUT2D eigenvalue weighted by Gasteiger charge is -2.11. The highest BCUT2D eigenvalue weighted by atomic mass is 32.1.